The molecule has 0 radical (unpaired) electrons. The van der Waals surface area contributed by atoms with Crippen LogP contribution in [0.2, 0.25) is 0 Å². The average molecular weight is 453 g/mol. The van der Waals surface area contributed by atoms with Gasteiger partial charge in [0.15, 0.2) is 17.3 Å². The van der Waals surface area contributed by atoms with Crippen LogP contribution in [0, 0.1) is 5.41 Å². The summed E-state index contributed by atoms with van der Waals surface area (Å²) in [6.45, 7) is 4.20. The predicted octanol–water partition coefficient (Wildman–Crippen LogP) is 4.97. The minimum absolute atomic E-state index is 0.114. The minimum atomic E-state index is -0.312. The van der Waals surface area contributed by atoms with Gasteiger partial charge in [0.1, 0.15) is 17.8 Å². The number of hydrogen-bond donors (Lipinski definition) is 0. The van der Waals surface area contributed by atoms with E-state index in [1.165, 1.54) is 0 Å². The lowest BCUT2D eigenvalue weighted by Gasteiger charge is -2.37. The van der Waals surface area contributed by atoms with Crippen LogP contribution in [-0.4, -0.2) is 32.5 Å². The summed E-state index contributed by atoms with van der Waals surface area (Å²) in [7, 11) is 1.64. The van der Waals surface area contributed by atoms with Gasteiger partial charge in [-0.3, -0.25) is 4.79 Å². The Balaban J connectivity index is 1.56. The third-order valence-electron chi connectivity index (χ3n) is 6.54. The van der Waals surface area contributed by atoms with Gasteiger partial charge in [0.25, 0.3) is 0 Å². The summed E-state index contributed by atoms with van der Waals surface area (Å²) in [5, 5.41) is 4.67. The maximum Gasteiger partial charge on any atom is 0.228 e. The van der Waals surface area contributed by atoms with E-state index in [1.807, 2.05) is 54.6 Å². The van der Waals surface area contributed by atoms with Crippen molar-refractivity contribution < 1.29 is 14.3 Å². The Labute approximate surface area is 197 Å². The number of ether oxygens (including phenoxy) is 2. The molecule has 1 aliphatic carbocycles. The highest BCUT2D eigenvalue weighted by molar-refractivity contribution is 6.00. The van der Waals surface area contributed by atoms with Crippen LogP contribution in [0.15, 0.2) is 72.3 Å². The van der Waals surface area contributed by atoms with Crippen molar-refractivity contribution in [3.63, 3.8) is 0 Å². The van der Waals surface area contributed by atoms with Crippen LogP contribution in [0.25, 0.3) is 17.0 Å². The highest BCUT2D eigenvalue weighted by Gasteiger charge is 2.43. The first kappa shape index (κ1) is 20.6. The number of carbonyl (C=O) groups is 1. The summed E-state index contributed by atoms with van der Waals surface area (Å²) in [4.78, 5) is 22.9. The number of rotatable bonds is 3. The van der Waals surface area contributed by atoms with Crippen molar-refractivity contribution in [1.82, 2.24) is 19.6 Å². The molecule has 0 saturated heterocycles. The zero-order valence-corrected chi connectivity index (χ0v) is 19.3. The Bertz CT molecular complexity index is 1450. The Morgan fingerprint density at radius 1 is 1.06 bits per heavy atom. The molecule has 0 fully saturated rings. The summed E-state index contributed by atoms with van der Waals surface area (Å²) in [5.41, 5.74) is 3.83. The minimum Gasteiger partial charge on any atom is -0.497 e. The quantitative estimate of drug-likeness (QED) is 0.437. The fraction of sp³-hybridized carbons (Fsp3) is 0.259. The fourth-order valence-corrected chi connectivity index (χ4v) is 4.99. The van der Waals surface area contributed by atoms with Gasteiger partial charge in [-0.1, -0.05) is 44.2 Å². The first-order valence-electron chi connectivity index (χ1n) is 11.3. The third-order valence-corrected chi connectivity index (χ3v) is 6.54. The zero-order valence-electron chi connectivity index (χ0n) is 19.3. The summed E-state index contributed by atoms with van der Waals surface area (Å²) in [6.07, 6.45) is 2.79. The van der Waals surface area contributed by atoms with Crippen molar-refractivity contribution in [3.05, 3.63) is 83.4 Å². The average Bonchev–Trinajstić information content (AvgIpc) is 3.27. The van der Waals surface area contributed by atoms with Gasteiger partial charge in [-0.15, -0.1) is 5.10 Å². The molecule has 1 aliphatic heterocycles. The number of hydrogen-bond acceptors (Lipinski definition) is 6. The molecule has 170 valence electrons. The third kappa shape index (κ3) is 3.27. The maximum absolute atomic E-state index is 13.4. The number of methoxy groups -OCH3 is 1. The number of Topliss-reactive ketones (excluding diaryl/α,β-unsaturated/α-hetero) is 1. The van der Waals surface area contributed by atoms with E-state index in [0.717, 1.165) is 22.4 Å². The van der Waals surface area contributed by atoms with Crippen molar-refractivity contribution in [1.29, 1.82) is 0 Å². The second-order valence-corrected chi connectivity index (χ2v) is 9.62. The normalized spacial score (nSPS) is 18.9. The highest BCUT2D eigenvalue weighted by Crippen LogP contribution is 2.50. The predicted molar refractivity (Wildman–Crippen MR) is 127 cm³/mol. The molecular formula is C27H24N4O3. The number of benzene rings is 2. The van der Waals surface area contributed by atoms with Gasteiger partial charge >= 0.3 is 0 Å². The fourth-order valence-electron chi connectivity index (χ4n) is 4.99. The molecule has 3 heterocycles. The zero-order chi connectivity index (χ0) is 23.4. The van der Waals surface area contributed by atoms with Gasteiger partial charge in [-0.25, -0.2) is 14.5 Å². The molecule has 0 saturated carbocycles. The van der Waals surface area contributed by atoms with Crippen LogP contribution in [-0.2, 0) is 4.79 Å². The molecule has 2 aromatic heterocycles. The molecule has 7 heteroatoms. The van der Waals surface area contributed by atoms with Gasteiger partial charge in [-0.05, 0) is 35.2 Å². The van der Waals surface area contributed by atoms with E-state index in [2.05, 4.69) is 23.9 Å². The molecule has 2 aromatic carbocycles. The second-order valence-electron chi connectivity index (χ2n) is 9.62. The molecule has 6 rings (SSSR count). The van der Waals surface area contributed by atoms with Crippen molar-refractivity contribution >= 4 is 11.4 Å². The smallest absolute Gasteiger partial charge is 0.228 e. The van der Waals surface area contributed by atoms with E-state index in [1.54, 1.807) is 18.0 Å². The van der Waals surface area contributed by atoms with E-state index in [0.29, 0.717) is 41.5 Å². The number of fused-ring (bicyclic) bond motifs is 3. The van der Waals surface area contributed by atoms with Crippen molar-refractivity contribution in [3.8, 4) is 23.0 Å². The van der Waals surface area contributed by atoms with Crippen molar-refractivity contribution in [2.24, 2.45) is 5.41 Å². The lowest BCUT2D eigenvalue weighted by molar-refractivity contribution is -0.118. The van der Waals surface area contributed by atoms with E-state index in [9.17, 15) is 4.79 Å². The Kier molecular flexibility index (Phi) is 4.55. The van der Waals surface area contributed by atoms with Crippen LogP contribution in [0.1, 0.15) is 43.7 Å². The van der Waals surface area contributed by atoms with E-state index < -0.39 is 0 Å². The molecule has 1 atom stereocenters. The summed E-state index contributed by atoms with van der Waals surface area (Å²) >= 11 is 0. The van der Waals surface area contributed by atoms with Crippen LogP contribution in [0.3, 0.4) is 0 Å². The number of allylic oxidation sites excluding steroid dienone is 2. The molecule has 0 spiro atoms. The molecular weight excluding hydrogens is 428 g/mol. The van der Waals surface area contributed by atoms with Crippen LogP contribution >= 0.6 is 0 Å². The topological polar surface area (TPSA) is 78.6 Å². The molecule has 4 aromatic rings. The Hall–Kier alpha value is -4.00. The van der Waals surface area contributed by atoms with Gasteiger partial charge in [0, 0.05) is 29.9 Å². The van der Waals surface area contributed by atoms with E-state index in [-0.39, 0.29) is 17.1 Å². The van der Waals surface area contributed by atoms with Gasteiger partial charge in [-0.2, -0.15) is 0 Å². The van der Waals surface area contributed by atoms with Gasteiger partial charge in [0.2, 0.25) is 5.88 Å². The van der Waals surface area contributed by atoms with Crippen LogP contribution < -0.4 is 9.47 Å². The van der Waals surface area contributed by atoms with E-state index >= 15 is 0 Å². The van der Waals surface area contributed by atoms with Crippen molar-refractivity contribution in [2.75, 3.05) is 7.11 Å². The largest absolute Gasteiger partial charge is 0.497 e. The highest BCUT2D eigenvalue weighted by atomic mass is 16.5. The molecule has 7 nitrogen and oxygen atoms in total. The second kappa shape index (κ2) is 7.52. The van der Waals surface area contributed by atoms with Gasteiger partial charge < -0.3 is 9.47 Å². The molecule has 0 amide bonds. The van der Waals surface area contributed by atoms with E-state index in [4.69, 9.17) is 14.5 Å². The first-order chi connectivity index (χ1) is 16.4. The lowest BCUT2D eigenvalue weighted by atomic mass is 9.70. The summed E-state index contributed by atoms with van der Waals surface area (Å²) < 4.78 is 13.2. The number of carbonyl (C=O) groups excluding carboxylic acids is 1. The van der Waals surface area contributed by atoms with Crippen LogP contribution in [0.5, 0.6) is 11.6 Å². The maximum atomic E-state index is 13.4. The molecule has 34 heavy (non-hydrogen) atoms. The molecule has 0 N–H and O–H groups in total. The Morgan fingerprint density at radius 2 is 1.82 bits per heavy atom. The standard InChI is InChI=1S/C27H24N4O3/c1-27(2)13-19(32)22-20(14-27)34-26-23(21(22)16-7-5-4-6-8-16)25-29-24(30-31(25)15-28-26)17-9-11-18(33-3)12-10-17/h4-12,15,21H,13-14H2,1-3H3/t21-/m1/s1. The molecule has 0 unspecified atom stereocenters. The van der Waals surface area contributed by atoms with Gasteiger partial charge in [0.05, 0.1) is 12.7 Å². The molecule has 0 bridgehead atoms. The summed E-state index contributed by atoms with van der Waals surface area (Å²) in [6, 6.07) is 17.6. The SMILES string of the molecule is COc1ccc(-c2nc3c4c(ncn3n2)OC2=C(C(=O)CC(C)(C)C2)[C@H]4c2ccccc2)cc1. The number of ketones is 1. The van der Waals surface area contributed by atoms with Crippen molar-refractivity contribution in [2.45, 2.75) is 32.6 Å². The lowest BCUT2D eigenvalue weighted by Crippen LogP contribution is -2.33. The summed E-state index contributed by atoms with van der Waals surface area (Å²) in [5.74, 6) is 2.34. The first-order valence-corrected chi connectivity index (χ1v) is 11.3. The van der Waals surface area contributed by atoms with Crippen LogP contribution in [0.4, 0.5) is 0 Å². The molecule has 2 aliphatic rings. The number of aromatic nitrogens is 4. The Morgan fingerprint density at radius 3 is 2.56 bits per heavy atom. The number of nitrogens with zero attached hydrogens (tertiary/aromatic N) is 4. The monoisotopic (exact) mass is 452 g/mol.